The topological polar surface area (TPSA) is 163 Å². The standard InChI is InChI=1S/C47H94N4O7/c1-3-5-7-9-11-13-15-17-18-19-20-21-22-23-24-25-26-28-30-32-34-36-38-50-47(57)51(49-48-50)42(40-58-41-45(55)44(54)39-52)46(56)43(53)37-35-33-31-29-27-16-14-12-10-8-6-4-2/h42-46,52-56H,3-41H2,1-2H3/t42-,43+,44-,45-,46-/m0/s1. The van der Waals surface area contributed by atoms with Gasteiger partial charge in [-0.3, -0.25) is 0 Å². The number of ether oxygens (including phenoxy) is 1. The van der Waals surface area contributed by atoms with Gasteiger partial charge in [0.05, 0.1) is 25.9 Å². The van der Waals surface area contributed by atoms with Crippen LogP contribution >= 0.6 is 0 Å². The molecule has 0 spiro atoms. The number of rotatable bonds is 45. The third-order valence-corrected chi connectivity index (χ3v) is 12.0. The molecule has 11 nitrogen and oxygen atoms in total. The van der Waals surface area contributed by atoms with E-state index >= 15 is 0 Å². The molecule has 0 unspecified atom stereocenters. The summed E-state index contributed by atoms with van der Waals surface area (Å²) >= 11 is 0. The quantitative estimate of drug-likeness (QED) is 0.0403. The van der Waals surface area contributed by atoms with Gasteiger partial charge >= 0.3 is 5.69 Å². The van der Waals surface area contributed by atoms with Crippen LogP contribution in [0.15, 0.2) is 4.79 Å². The first-order valence-electron chi connectivity index (χ1n) is 24.8. The number of aliphatic hydroxyl groups is 5. The Hall–Kier alpha value is -1.37. The van der Waals surface area contributed by atoms with Crippen molar-refractivity contribution in [1.82, 2.24) is 19.8 Å². The first-order chi connectivity index (χ1) is 28.4. The van der Waals surface area contributed by atoms with E-state index in [-0.39, 0.29) is 13.2 Å². The molecule has 5 atom stereocenters. The molecule has 1 aromatic heterocycles. The van der Waals surface area contributed by atoms with Crippen LogP contribution in [0.25, 0.3) is 0 Å². The Kier molecular flexibility index (Phi) is 37.4. The fourth-order valence-corrected chi connectivity index (χ4v) is 7.98. The second-order valence-electron chi connectivity index (χ2n) is 17.5. The van der Waals surface area contributed by atoms with Gasteiger partial charge in [-0.1, -0.05) is 226 Å². The molecule has 0 amide bonds. The second kappa shape index (κ2) is 39.7. The van der Waals surface area contributed by atoms with Crippen LogP contribution in [-0.4, -0.2) is 89.6 Å². The van der Waals surface area contributed by atoms with Crippen molar-refractivity contribution in [1.29, 1.82) is 0 Å². The zero-order valence-electron chi connectivity index (χ0n) is 37.8. The Bertz CT molecular complexity index is 1060. The lowest BCUT2D eigenvalue weighted by Gasteiger charge is -2.26. The molecule has 1 rings (SSSR count). The number of aromatic nitrogens is 4. The average Bonchev–Trinajstić information content (AvgIpc) is 3.59. The molecule has 0 aliphatic rings. The lowest BCUT2D eigenvalue weighted by atomic mass is 9.99. The number of hydrogen-bond acceptors (Lipinski definition) is 9. The molecule has 11 heteroatoms. The molecular formula is C47H94N4O7. The maximum absolute atomic E-state index is 13.3. The van der Waals surface area contributed by atoms with Gasteiger partial charge in [-0.25, -0.2) is 4.79 Å². The summed E-state index contributed by atoms with van der Waals surface area (Å²) in [6.45, 7) is 3.77. The Morgan fingerprint density at radius 3 is 1.21 bits per heavy atom. The van der Waals surface area contributed by atoms with Crippen LogP contribution < -0.4 is 5.69 Å². The van der Waals surface area contributed by atoms with Gasteiger partial charge in [0, 0.05) is 6.54 Å². The highest BCUT2D eigenvalue weighted by Crippen LogP contribution is 2.20. The van der Waals surface area contributed by atoms with Crippen LogP contribution in [0.4, 0.5) is 0 Å². The van der Waals surface area contributed by atoms with E-state index in [1.807, 2.05) is 0 Å². The van der Waals surface area contributed by atoms with E-state index in [1.165, 1.54) is 184 Å². The summed E-state index contributed by atoms with van der Waals surface area (Å²) in [5.41, 5.74) is -0.482. The number of nitrogens with zero attached hydrogens (tertiary/aromatic N) is 4. The number of unbranched alkanes of at least 4 members (excludes halogenated alkanes) is 32. The molecule has 344 valence electrons. The summed E-state index contributed by atoms with van der Waals surface area (Å²) in [7, 11) is 0. The van der Waals surface area contributed by atoms with E-state index in [1.54, 1.807) is 0 Å². The van der Waals surface area contributed by atoms with Crippen LogP contribution in [0, 0.1) is 0 Å². The molecular weight excluding hydrogens is 733 g/mol. The molecule has 0 aliphatic carbocycles. The van der Waals surface area contributed by atoms with Crippen LogP contribution in [0.3, 0.4) is 0 Å². The number of hydrogen-bond donors (Lipinski definition) is 5. The maximum Gasteiger partial charge on any atom is 0.364 e. The van der Waals surface area contributed by atoms with Gasteiger partial charge in [-0.2, -0.15) is 9.36 Å². The van der Waals surface area contributed by atoms with Crippen molar-refractivity contribution in [2.75, 3.05) is 19.8 Å². The molecule has 1 heterocycles. The van der Waals surface area contributed by atoms with Crippen molar-refractivity contribution in [3.63, 3.8) is 0 Å². The van der Waals surface area contributed by atoms with Crippen LogP contribution in [0.2, 0.25) is 0 Å². The van der Waals surface area contributed by atoms with E-state index < -0.39 is 42.8 Å². The van der Waals surface area contributed by atoms with Crippen molar-refractivity contribution >= 4 is 0 Å². The summed E-state index contributed by atoms with van der Waals surface area (Å²) in [5, 5.41) is 59.1. The first kappa shape index (κ1) is 54.6. The monoisotopic (exact) mass is 827 g/mol. The Morgan fingerprint density at radius 1 is 0.466 bits per heavy atom. The highest BCUT2D eigenvalue weighted by atomic mass is 16.5. The first-order valence-corrected chi connectivity index (χ1v) is 24.8. The molecule has 0 saturated carbocycles. The van der Waals surface area contributed by atoms with Gasteiger partial charge in [0.15, 0.2) is 0 Å². The van der Waals surface area contributed by atoms with Crippen LogP contribution in [0.5, 0.6) is 0 Å². The lowest BCUT2D eigenvalue weighted by Crippen LogP contribution is -2.43. The molecule has 0 radical (unpaired) electrons. The van der Waals surface area contributed by atoms with E-state index in [4.69, 9.17) is 9.84 Å². The fourth-order valence-electron chi connectivity index (χ4n) is 7.98. The zero-order chi connectivity index (χ0) is 42.3. The Labute approximate surface area is 355 Å². The van der Waals surface area contributed by atoms with Crippen molar-refractivity contribution in [3.8, 4) is 0 Å². The minimum absolute atomic E-state index is 0.232. The Balaban J connectivity index is 2.30. The molecule has 0 aromatic carbocycles. The summed E-state index contributed by atoms with van der Waals surface area (Å²) < 4.78 is 7.95. The number of aryl methyl sites for hydroxylation is 1. The van der Waals surface area contributed by atoms with Crippen molar-refractivity contribution in [3.05, 3.63) is 10.5 Å². The van der Waals surface area contributed by atoms with E-state index in [0.717, 1.165) is 43.2 Å². The molecule has 0 saturated heterocycles. The molecule has 58 heavy (non-hydrogen) atoms. The van der Waals surface area contributed by atoms with Gasteiger partial charge in [-0.15, -0.1) is 0 Å². The smallest absolute Gasteiger partial charge is 0.364 e. The van der Waals surface area contributed by atoms with E-state index in [9.17, 15) is 25.2 Å². The van der Waals surface area contributed by atoms with E-state index in [0.29, 0.717) is 13.0 Å². The molecule has 1 aromatic rings. The predicted octanol–water partition coefficient (Wildman–Crippen LogP) is 10.1. The van der Waals surface area contributed by atoms with Crippen molar-refractivity contribution < 1.29 is 30.3 Å². The molecule has 0 aliphatic heterocycles. The summed E-state index contributed by atoms with van der Waals surface area (Å²) in [4.78, 5) is 13.3. The Morgan fingerprint density at radius 2 is 0.828 bits per heavy atom. The molecule has 0 bridgehead atoms. The lowest BCUT2D eigenvalue weighted by molar-refractivity contribution is -0.0816. The average molecular weight is 827 g/mol. The molecule has 5 N–H and O–H groups in total. The predicted molar refractivity (Wildman–Crippen MR) is 238 cm³/mol. The summed E-state index contributed by atoms with van der Waals surface area (Å²) in [6.07, 6.45) is 38.6. The SMILES string of the molecule is CCCCCCCCCCCCCCCCCCCCCCCCn1nnn([C@@H](COC[C@H](O)[C@@H](O)CO)[C@H](O)[C@H](O)CCCCCCCCCCCCCC)c1=O. The highest BCUT2D eigenvalue weighted by Gasteiger charge is 2.31. The third kappa shape index (κ3) is 29.0. The van der Waals surface area contributed by atoms with Crippen molar-refractivity contribution in [2.45, 2.75) is 276 Å². The van der Waals surface area contributed by atoms with Gasteiger partial charge in [0.1, 0.15) is 24.4 Å². The highest BCUT2D eigenvalue weighted by molar-refractivity contribution is 4.82. The number of tetrazole rings is 1. The van der Waals surface area contributed by atoms with Crippen LogP contribution in [-0.2, 0) is 11.3 Å². The minimum atomic E-state index is -1.37. The maximum atomic E-state index is 13.3. The summed E-state index contributed by atoms with van der Waals surface area (Å²) in [6, 6.07) is -1.03. The number of aliphatic hydroxyl groups excluding tert-OH is 5. The van der Waals surface area contributed by atoms with E-state index in [2.05, 4.69) is 24.3 Å². The summed E-state index contributed by atoms with van der Waals surface area (Å²) in [5.74, 6) is 0. The zero-order valence-corrected chi connectivity index (χ0v) is 37.8. The van der Waals surface area contributed by atoms with Gasteiger partial charge < -0.3 is 30.3 Å². The molecule has 0 fully saturated rings. The van der Waals surface area contributed by atoms with Gasteiger partial charge in [0.25, 0.3) is 0 Å². The van der Waals surface area contributed by atoms with Gasteiger partial charge in [-0.05, 0) is 23.3 Å². The minimum Gasteiger partial charge on any atom is -0.394 e. The van der Waals surface area contributed by atoms with Crippen molar-refractivity contribution in [2.24, 2.45) is 0 Å². The largest absolute Gasteiger partial charge is 0.394 e. The third-order valence-electron chi connectivity index (χ3n) is 12.0. The fraction of sp³-hybridized carbons (Fsp3) is 0.979. The normalized spacial score (nSPS) is 14.5. The second-order valence-corrected chi connectivity index (χ2v) is 17.5. The van der Waals surface area contributed by atoms with Crippen LogP contribution in [0.1, 0.15) is 245 Å². The van der Waals surface area contributed by atoms with Gasteiger partial charge in [0.2, 0.25) is 0 Å².